The number of carbonyl (C=O) groups excluding carboxylic acids is 2. The number of halogens is 4. The molecule has 2 aliphatic carbocycles. The van der Waals surface area contributed by atoms with Crippen molar-refractivity contribution in [3.05, 3.63) is 64.7 Å². The fourth-order valence-corrected chi connectivity index (χ4v) is 7.16. The van der Waals surface area contributed by atoms with Gasteiger partial charge in [-0.1, -0.05) is 35.9 Å². The molecule has 38 heavy (non-hydrogen) atoms. The highest BCUT2D eigenvalue weighted by atomic mass is 35.5. The summed E-state index contributed by atoms with van der Waals surface area (Å²) in [5.74, 6) is -1.16. The highest BCUT2D eigenvalue weighted by Crippen LogP contribution is 2.51. The highest BCUT2D eigenvalue weighted by molar-refractivity contribution is 7.92. The summed E-state index contributed by atoms with van der Waals surface area (Å²) < 4.78 is 68.0. The second-order valence-electron chi connectivity index (χ2n) is 10.1. The number of sulfone groups is 1. The minimum Gasteiger partial charge on any atom is -0.336 e. The van der Waals surface area contributed by atoms with Crippen LogP contribution in [0.15, 0.2) is 53.4 Å². The lowest BCUT2D eigenvalue weighted by atomic mass is 9.94. The molecule has 0 bridgehead atoms. The number of alkyl halides is 3. The van der Waals surface area contributed by atoms with Gasteiger partial charge in [-0.15, -0.1) is 0 Å². The molecule has 3 fully saturated rings. The van der Waals surface area contributed by atoms with E-state index in [1.54, 1.807) is 24.3 Å². The third-order valence-electron chi connectivity index (χ3n) is 7.65. The van der Waals surface area contributed by atoms with Crippen molar-refractivity contribution in [1.82, 2.24) is 10.2 Å². The van der Waals surface area contributed by atoms with E-state index >= 15 is 0 Å². The quantitative estimate of drug-likeness (QED) is 0.569. The number of benzene rings is 2. The molecule has 2 saturated carbocycles. The predicted molar refractivity (Wildman–Crippen MR) is 131 cm³/mol. The predicted octanol–water partition coefficient (Wildman–Crippen LogP) is 4.01. The van der Waals surface area contributed by atoms with E-state index in [0.29, 0.717) is 42.3 Å². The Bertz CT molecular complexity index is 1450. The first-order valence-electron chi connectivity index (χ1n) is 12.0. The summed E-state index contributed by atoms with van der Waals surface area (Å²) >= 11 is 5.99. The summed E-state index contributed by atoms with van der Waals surface area (Å²) in [6.07, 6.45) is -3.52. The average molecular weight is 566 g/mol. The second kappa shape index (κ2) is 8.99. The van der Waals surface area contributed by atoms with E-state index in [1.165, 1.54) is 11.0 Å². The largest absolute Gasteiger partial charge is 0.417 e. The van der Waals surface area contributed by atoms with Gasteiger partial charge in [-0.25, -0.2) is 8.42 Å². The summed E-state index contributed by atoms with van der Waals surface area (Å²) in [5.41, 5.74) is -2.68. The number of rotatable bonds is 6. The second-order valence-corrected chi connectivity index (χ2v) is 12.8. The minimum atomic E-state index is -4.91. The highest BCUT2D eigenvalue weighted by Gasteiger charge is 2.58. The standard InChI is InChI=1S/C26H23ClF3N3O4S/c27-17-7-5-16(6-8-17)25(11-12-25)23(35)33-14-18(13-20(33)22(34)32-24(15-31)9-10-24)38(36,37)21-4-2-1-3-19(21)26(28,29)30/h1-8,18,20H,9-14H2,(H,32,34). The van der Waals surface area contributed by atoms with Gasteiger partial charge in [0.15, 0.2) is 9.84 Å². The first-order valence-corrected chi connectivity index (χ1v) is 14.0. The molecule has 2 amide bonds. The molecule has 0 aromatic heterocycles. The molecule has 200 valence electrons. The van der Waals surface area contributed by atoms with Crippen molar-refractivity contribution in [3.63, 3.8) is 0 Å². The third kappa shape index (κ3) is 4.54. The molecule has 1 saturated heterocycles. The molecule has 2 unspecified atom stereocenters. The lowest BCUT2D eigenvalue weighted by molar-refractivity contribution is -0.140. The normalized spacial score (nSPS) is 23.4. The SMILES string of the molecule is N#CC1(NC(=O)C2CC(S(=O)(=O)c3ccccc3C(F)(F)F)CN2C(=O)C2(c3ccc(Cl)cc3)CC2)CC1. The van der Waals surface area contributed by atoms with Crippen LogP contribution in [0.25, 0.3) is 0 Å². The molecular formula is C26H23ClF3N3O4S. The van der Waals surface area contributed by atoms with Gasteiger partial charge in [-0.3, -0.25) is 9.59 Å². The van der Waals surface area contributed by atoms with Crippen molar-refractivity contribution < 1.29 is 31.2 Å². The van der Waals surface area contributed by atoms with Crippen LogP contribution in [0.2, 0.25) is 5.02 Å². The Kier molecular flexibility index (Phi) is 6.27. The van der Waals surface area contributed by atoms with Gasteiger partial charge in [0.1, 0.15) is 11.6 Å². The van der Waals surface area contributed by atoms with Crippen LogP contribution in [0.4, 0.5) is 13.2 Å². The Morgan fingerprint density at radius 1 is 1.05 bits per heavy atom. The van der Waals surface area contributed by atoms with Gasteiger partial charge in [-0.2, -0.15) is 18.4 Å². The molecule has 3 aliphatic rings. The molecule has 2 aromatic carbocycles. The molecule has 2 aromatic rings. The zero-order valence-electron chi connectivity index (χ0n) is 20.0. The van der Waals surface area contributed by atoms with E-state index in [0.717, 1.165) is 12.1 Å². The van der Waals surface area contributed by atoms with E-state index in [-0.39, 0.29) is 6.42 Å². The Morgan fingerprint density at radius 3 is 2.24 bits per heavy atom. The maximum absolute atomic E-state index is 13.9. The number of hydrogen-bond donors (Lipinski definition) is 1. The van der Waals surface area contributed by atoms with Crippen molar-refractivity contribution in [3.8, 4) is 6.07 Å². The smallest absolute Gasteiger partial charge is 0.336 e. The van der Waals surface area contributed by atoms with Gasteiger partial charge in [0.05, 0.1) is 27.2 Å². The lowest BCUT2D eigenvalue weighted by Crippen LogP contribution is -2.51. The molecule has 0 spiro atoms. The Balaban J connectivity index is 1.50. The maximum Gasteiger partial charge on any atom is 0.417 e. The van der Waals surface area contributed by atoms with E-state index < -0.39 is 67.1 Å². The van der Waals surface area contributed by atoms with Crippen molar-refractivity contribution >= 4 is 33.3 Å². The number of nitrogens with one attached hydrogen (secondary N) is 1. The van der Waals surface area contributed by atoms with Crippen LogP contribution in [0.3, 0.4) is 0 Å². The van der Waals surface area contributed by atoms with Gasteiger partial charge in [0.25, 0.3) is 0 Å². The van der Waals surface area contributed by atoms with Crippen LogP contribution in [0.1, 0.15) is 43.2 Å². The number of carbonyl (C=O) groups is 2. The topological polar surface area (TPSA) is 107 Å². The van der Waals surface area contributed by atoms with Crippen LogP contribution in [-0.4, -0.2) is 48.5 Å². The molecule has 1 N–H and O–H groups in total. The summed E-state index contributed by atoms with van der Waals surface area (Å²) in [6, 6.07) is 11.3. The van der Waals surface area contributed by atoms with E-state index in [9.17, 15) is 36.4 Å². The van der Waals surface area contributed by atoms with Crippen LogP contribution in [-0.2, 0) is 31.0 Å². The molecule has 12 heteroatoms. The van der Waals surface area contributed by atoms with Gasteiger partial charge in [0.2, 0.25) is 11.8 Å². The molecule has 1 aliphatic heterocycles. The van der Waals surface area contributed by atoms with Gasteiger partial charge in [0, 0.05) is 11.6 Å². The van der Waals surface area contributed by atoms with Crippen molar-refractivity contribution in [2.45, 2.75) is 65.4 Å². The van der Waals surface area contributed by atoms with Gasteiger partial charge >= 0.3 is 6.18 Å². The molecule has 1 heterocycles. The number of nitriles is 1. The van der Waals surface area contributed by atoms with E-state index in [2.05, 4.69) is 5.32 Å². The number of nitrogens with zero attached hydrogens (tertiary/aromatic N) is 2. The van der Waals surface area contributed by atoms with Crippen molar-refractivity contribution in [2.24, 2.45) is 0 Å². The number of likely N-dealkylation sites (tertiary alicyclic amines) is 1. The molecule has 5 rings (SSSR count). The zero-order valence-corrected chi connectivity index (χ0v) is 21.5. The van der Waals surface area contributed by atoms with Crippen LogP contribution < -0.4 is 5.32 Å². The Labute approximate surface area is 222 Å². The van der Waals surface area contributed by atoms with Crippen LogP contribution in [0.5, 0.6) is 0 Å². The van der Waals surface area contributed by atoms with Crippen LogP contribution in [0, 0.1) is 11.3 Å². The fourth-order valence-electron chi connectivity index (χ4n) is 5.13. The number of amides is 2. The van der Waals surface area contributed by atoms with E-state index in [1.807, 2.05) is 6.07 Å². The summed E-state index contributed by atoms with van der Waals surface area (Å²) in [6.45, 7) is -0.444. The molecular weight excluding hydrogens is 543 g/mol. The van der Waals surface area contributed by atoms with Gasteiger partial charge in [-0.05, 0) is 61.9 Å². The fraction of sp³-hybridized carbons (Fsp3) is 0.423. The summed E-state index contributed by atoms with van der Waals surface area (Å²) in [4.78, 5) is 27.5. The third-order valence-corrected chi connectivity index (χ3v) is 10.1. The Morgan fingerprint density at radius 2 is 1.68 bits per heavy atom. The van der Waals surface area contributed by atoms with Crippen LogP contribution >= 0.6 is 11.6 Å². The first kappa shape index (κ1) is 26.5. The van der Waals surface area contributed by atoms with Crippen molar-refractivity contribution in [1.29, 1.82) is 5.26 Å². The summed E-state index contributed by atoms with van der Waals surface area (Å²) in [7, 11) is -4.59. The maximum atomic E-state index is 13.9. The Hall–Kier alpha value is -3.10. The lowest BCUT2D eigenvalue weighted by Gasteiger charge is -2.29. The van der Waals surface area contributed by atoms with Gasteiger partial charge < -0.3 is 10.2 Å². The number of hydrogen-bond acceptors (Lipinski definition) is 5. The van der Waals surface area contributed by atoms with Crippen molar-refractivity contribution in [2.75, 3.05) is 6.54 Å². The zero-order chi connectivity index (χ0) is 27.5. The average Bonchev–Trinajstić information content (AvgIpc) is 3.80. The monoisotopic (exact) mass is 565 g/mol. The molecule has 0 radical (unpaired) electrons. The minimum absolute atomic E-state index is 0.385. The van der Waals surface area contributed by atoms with E-state index in [4.69, 9.17) is 11.6 Å². The molecule has 2 atom stereocenters. The first-order chi connectivity index (χ1) is 17.8. The molecule has 7 nitrogen and oxygen atoms in total. The summed E-state index contributed by atoms with van der Waals surface area (Å²) in [5, 5.41) is 11.1.